The van der Waals surface area contributed by atoms with Crippen LogP contribution in [0.1, 0.15) is 27.7 Å². The molecule has 4 aromatic rings. The minimum absolute atomic E-state index is 0.438. The number of rotatable bonds is 9. The van der Waals surface area contributed by atoms with Crippen LogP contribution in [-0.4, -0.2) is 60.0 Å². The Bertz CT molecular complexity index is 1090. The maximum absolute atomic E-state index is 4.60. The van der Waals surface area contributed by atoms with Gasteiger partial charge < -0.3 is 0 Å². The zero-order valence-corrected chi connectivity index (χ0v) is 20.5. The Kier molecular flexibility index (Phi) is 6.60. The monoisotopic (exact) mass is 474 g/mol. The van der Waals surface area contributed by atoms with Crippen molar-refractivity contribution in [3.63, 3.8) is 0 Å². The van der Waals surface area contributed by atoms with Gasteiger partial charge in [-0.1, -0.05) is 27.7 Å². The van der Waals surface area contributed by atoms with Gasteiger partial charge in [0.25, 0.3) is 0 Å². The smallest absolute Gasteiger partial charge is 0.209 e. The molecule has 0 atom stereocenters. The molecule has 4 aromatic heterocycles. The lowest BCUT2D eigenvalue weighted by Gasteiger charge is -2.12. The van der Waals surface area contributed by atoms with Crippen LogP contribution in [0.3, 0.4) is 0 Å². The molecule has 0 N–H and O–H groups in total. The van der Waals surface area contributed by atoms with Crippen molar-refractivity contribution in [2.45, 2.75) is 50.8 Å². The zero-order chi connectivity index (χ0) is 22.8. The normalized spacial score (nSPS) is 11.9. The maximum atomic E-state index is 4.60. The standard InChI is InChI=1S/C18H26N12S2/c1-11(2)9-29-17(13(7-19-29)15-21-25-27(5)23-15)31-32-18-14(16-22-26-28(6)24-16)8-20-30(18)10-12(3)4/h7-8,11-12H,9-10H2,1-6H3. The highest BCUT2D eigenvalue weighted by molar-refractivity contribution is 8.76. The van der Waals surface area contributed by atoms with E-state index >= 15 is 0 Å². The molecule has 4 heterocycles. The fourth-order valence-corrected chi connectivity index (χ4v) is 5.61. The summed E-state index contributed by atoms with van der Waals surface area (Å²) >= 11 is 0. The van der Waals surface area contributed by atoms with E-state index in [9.17, 15) is 0 Å². The first-order valence-electron chi connectivity index (χ1n) is 10.3. The van der Waals surface area contributed by atoms with Crippen LogP contribution >= 0.6 is 21.6 Å². The first-order valence-corrected chi connectivity index (χ1v) is 12.4. The summed E-state index contributed by atoms with van der Waals surface area (Å²) in [6.07, 6.45) is 3.61. The lowest BCUT2D eigenvalue weighted by molar-refractivity contribution is 0.456. The molecule has 0 spiro atoms. The SMILES string of the molecule is CC(C)Cn1ncc(-c2nnn(C)n2)c1SSc1c(-c2nnn(C)n2)cnn1CC(C)C. The highest BCUT2D eigenvalue weighted by Crippen LogP contribution is 2.44. The van der Waals surface area contributed by atoms with E-state index in [2.05, 4.69) is 68.7 Å². The summed E-state index contributed by atoms with van der Waals surface area (Å²) < 4.78 is 3.99. The first kappa shape index (κ1) is 22.5. The van der Waals surface area contributed by atoms with Gasteiger partial charge >= 0.3 is 0 Å². The van der Waals surface area contributed by atoms with Crippen LogP contribution in [0.15, 0.2) is 22.4 Å². The minimum Gasteiger partial charge on any atom is -0.257 e. The number of tetrazole rings is 2. The second-order valence-corrected chi connectivity index (χ2v) is 10.4. The van der Waals surface area contributed by atoms with E-state index in [1.54, 1.807) is 48.1 Å². The van der Waals surface area contributed by atoms with Gasteiger partial charge in [0, 0.05) is 13.1 Å². The fraction of sp³-hybridized carbons (Fsp3) is 0.556. The summed E-state index contributed by atoms with van der Waals surface area (Å²) in [7, 11) is 6.70. The second-order valence-electron chi connectivity index (χ2n) is 8.25. The van der Waals surface area contributed by atoms with E-state index in [1.807, 2.05) is 9.36 Å². The van der Waals surface area contributed by atoms with Crippen LogP contribution in [0.4, 0.5) is 0 Å². The summed E-state index contributed by atoms with van der Waals surface area (Å²) in [5.41, 5.74) is 1.70. The summed E-state index contributed by atoms with van der Waals surface area (Å²) in [6, 6.07) is 0. The zero-order valence-electron chi connectivity index (χ0n) is 18.9. The number of aromatic nitrogens is 12. The molecule has 0 aliphatic heterocycles. The topological polar surface area (TPSA) is 123 Å². The molecular formula is C18H26N12S2. The predicted octanol–water partition coefficient (Wildman–Crippen LogP) is 2.57. The van der Waals surface area contributed by atoms with E-state index in [0.717, 1.165) is 34.3 Å². The van der Waals surface area contributed by atoms with Crippen LogP contribution in [-0.2, 0) is 27.2 Å². The van der Waals surface area contributed by atoms with Gasteiger partial charge in [-0.05, 0) is 43.9 Å². The average Bonchev–Trinajstić information content (AvgIpc) is 3.48. The first-order chi connectivity index (χ1) is 15.3. The van der Waals surface area contributed by atoms with E-state index < -0.39 is 0 Å². The Balaban J connectivity index is 1.70. The van der Waals surface area contributed by atoms with Crippen molar-refractivity contribution in [1.82, 2.24) is 60.0 Å². The molecule has 0 saturated carbocycles. The van der Waals surface area contributed by atoms with Gasteiger partial charge in [-0.15, -0.1) is 20.4 Å². The molecule has 170 valence electrons. The molecule has 0 aromatic carbocycles. The maximum Gasteiger partial charge on any atom is 0.209 e. The van der Waals surface area contributed by atoms with E-state index in [1.165, 1.54) is 9.59 Å². The summed E-state index contributed by atoms with van der Waals surface area (Å²) in [5, 5.41) is 36.2. The lowest BCUT2D eigenvalue weighted by atomic mass is 10.2. The van der Waals surface area contributed by atoms with Gasteiger partial charge in [-0.2, -0.15) is 19.8 Å². The molecule has 4 rings (SSSR count). The van der Waals surface area contributed by atoms with Crippen molar-refractivity contribution < 1.29 is 0 Å². The van der Waals surface area contributed by atoms with Gasteiger partial charge in [0.15, 0.2) is 0 Å². The molecular weight excluding hydrogens is 448 g/mol. The Morgan fingerprint density at radius 3 is 1.44 bits per heavy atom. The molecule has 0 saturated heterocycles. The second kappa shape index (κ2) is 9.40. The molecule has 0 aliphatic carbocycles. The highest BCUT2D eigenvalue weighted by Gasteiger charge is 2.23. The van der Waals surface area contributed by atoms with E-state index in [4.69, 9.17) is 0 Å². The molecule has 0 fully saturated rings. The number of hydrogen-bond acceptors (Lipinski definition) is 10. The predicted molar refractivity (Wildman–Crippen MR) is 121 cm³/mol. The minimum atomic E-state index is 0.438. The Labute approximate surface area is 193 Å². The average molecular weight is 475 g/mol. The molecule has 0 unspecified atom stereocenters. The van der Waals surface area contributed by atoms with Crippen LogP contribution in [0.25, 0.3) is 22.8 Å². The number of nitrogens with zero attached hydrogens (tertiary/aromatic N) is 12. The van der Waals surface area contributed by atoms with Crippen molar-refractivity contribution in [2.75, 3.05) is 0 Å². The van der Waals surface area contributed by atoms with Crippen molar-refractivity contribution in [1.29, 1.82) is 0 Å². The summed E-state index contributed by atoms with van der Waals surface area (Å²) in [5.74, 6) is 1.98. The van der Waals surface area contributed by atoms with Crippen molar-refractivity contribution in [3.8, 4) is 22.8 Å². The van der Waals surface area contributed by atoms with Crippen molar-refractivity contribution in [2.24, 2.45) is 25.9 Å². The summed E-state index contributed by atoms with van der Waals surface area (Å²) in [4.78, 5) is 2.90. The van der Waals surface area contributed by atoms with E-state index in [-0.39, 0.29) is 0 Å². The quantitative estimate of drug-likeness (QED) is 0.334. The van der Waals surface area contributed by atoms with Gasteiger partial charge in [-0.3, -0.25) is 9.36 Å². The molecule has 32 heavy (non-hydrogen) atoms. The third-order valence-electron chi connectivity index (χ3n) is 4.36. The Morgan fingerprint density at radius 2 is 1.12 bits per heavy atom. The van der Waals surface area contributed by atoms with E-state index in [0.29, 0.717) is 23.5 Å². The summed E-state index contributed by atoms with van der Waals surface area (Å²) in [6.45, 7) is 10.2. The Morgan fingerprint density at radius 1 is 0.719 bits per heavy atom. The molecule has 12 nitrogen and oxygen atoms in total. The van der Waals surface area contributed by atoms with Gasteiger partial charge in [0.05, 0.1) is 37.6 Å². The molecule has 14 heteroatoms. The van der Waals surface area contributed by atoms with Crippen LogP contribution < -0.4 is 0 Å². The van der Waals surface area contributed by atoms with Gasteiger partial charge in [0.1, 0.15) is 10.1 Å². The highest BCUT2D eigenvalue weighted by atomic mass is 33.1. The third kappa shape index (κ3) is 4.85. The molecule has 0 aliphatic rings. The molecule has 0 bridgehead atoms. The fourth-order valence-electron chi connectivity index (χ4n) is 3.05. The van der Waals surface area contributed by atoms with Crippen LogP contribution in [0.5, 0.6) is 0 Å². The Hall–Kier alpha value is -2.74. The van der Waals surface area contributed by atoms with Gasteiger partial charge in [-0.25, -0.2) is 0 Å². The van der Waals surface area contributed by atoms with Crippen LogP contribution in [0.2, 0.25) is 0 Å². The number of aryl methyl sites for hydroxylation is 2. The largest absolute Gasteiger partial charge is 0.257 e. The third-order valence-corrected chi connectivity index (χ3v) is 6.81. The number of hydrogen-bond donors (Lipinski definition) is 0. The van der Waals surface area contributed by atoms with Crippen LogP contribution in [0, 0.1) is 11.8 Å². The van der Waals surface area contributed by atoms with Crippen molar-refractivity contribution >= 4 is 21.6 Å². The lowest BCUT2D eigenvalue weighted by Crippen LogP contribution is -2.08. The van der Waals surface area contributed by atoms with Gasteiger partial charge in [0.2, 0.25) is 11.6 Å². The molecule has 0 radical (unpaired) electrons. The van der Waals surface area contributed by atoms with Crippen molar-refractivity contribution in [3.05, 3.63) is 12.4 Å². The molecule has 0 amide bonds.